The molecule has 6 nitrogen and oxygen atoms in total. The van der Waals surface area contributed by atoms with Gasteiger partial charge in [0.1, 0.15) is 12.4 Å². The maximum atomic E-state index is 12.2. The van der Waals surface area contributed by atoms with Gasteiger partial charge in [0.15, 0.2) is 11.5 Å². The number of hydrazone groups is 1. The summed E-state index contributed by atoms with van der Waals surface area (Å²) >= 11 is 4.26. The van der Waals surface area contributed by atoms with Crippen LogP contribution in [0.25, 0.3) is 0 Å². The normalized spacial score (nSPS) is 10.3. The van der Waals surface area contributed by atoms with Crippen molar-refractivity contribution < 1.29 is 19.0 Å². The minimum absolute atomic E-state index is 0.148. The Kier molecular flexibility index (Phi) is 8.18. The van der Waals surface area contributed by atoms with Crippen molar-refractivity contribution in [2.45, 2.75) is 0 Å². The minimum Gasteiger partial charge on any atom is -0.496 e. The number of nitrogens with zero attached hydrogens (tertiary/aromatic N) is 1. The van der Waals surface area contributed by atoms with Gasteiger partial charge in [0, 0.05) is 5.56 Å². The quantitative estimate of drug-likeness (QED) is 0.232. The Balaban J connectivity index is 2.13. The first kappa shape index (κ1) is 21.3. The van der Waals surface area contributed by atoms with Crippen LogP contribution in [0.3, 0.4) is 0 Å². The van der Waals surface area contributed by atoms with Crippen LogP contribution in [0.2, 0.25) is 0 Å². The van der Waals surface area contributed by atoms with E-state index in [1.54, 1.807) is 38.5 Å². The van der Waals surface area contributed by atoms with Gasteiger partial charge in [0.05, 0.1) is 27.6 Å². The molecule has 0 aliphatic rings. The molecule has 0 aliphatic carbocycles. The van der Waals surface area contributed by atoms with Gasteiger partial charge in [-0.15, -0.1) is 6.42 Å². The number of carbonyl (C=O) groups excluding carboxylic acids is 1. The number of benzene rings is 2. The highest BCUT2D eigenvalue weighted by Gasteiger charge is 2.11. The summed E-state index contributed by atoms with van der Waals surface area (Å²) in [6.45, 7) is 0.148. The third-order valence-electron chi connectivity index (χ3n) is 3.34. The first-order valence-corrected chi connectivity index (χ1v) is 9.76. The Morgan fingerprint density at radius 3 is 2.59 bits per heavy atom. The molecule has 0 unspecified atom stereocenters. The van der Waals surface area contributed by atoms with Gasteiger partial charge >= 0.3 is 0 Å². The van der Waals surface area contributed by atoms with E-state index in [4.69, 9.17) is 20.6 Å². The molecule has 0 bridgehead atoms. The van der Waals surface area contributed by atoms with Crippen LogP contribution >= 0.6 is 45.2 Å². The fraction of sp³-hybridized carbons (Fsp3) is 0.158. The average Bonchev–Trinajstić information content (AvgIpc) is 2.67. The Bertz CT molecular complexity index is 907. The second kappa shape index (κ2) is 10.4. The minimum atomic E-state index is -0.336. The fourth-order valence-electron chi connectivity index (χ4n) is 2.10. The van der Waals surface area contributed by atoms with E-state index >= 15 is 0 Å². The molecule has 2 aromatic carbocycles. The summed E-state index contributed by atoms with van der Waals surface area (Å²) in [5.74, 6) is 3.82. The summed E-state index contributed by atoms with van der Waals surface area (Å²) in [5.41, 5.74) is 3.69. The van der Waals surface area contributed by atoms with Gasteiger partial charge in [0.25, 0.3) is 5.91 Å². The molecular weight excluding hydrogens is 574 g/mol. The molecule has 27 heavy (non-hydrogen) atoms. The standard InChI is InChI=1S/C19H16I2N2O4/c1-4-7-27-18-15(21)8-12(9-17(18)26-3)11-22-23-19(24)13-5-6-14(20)16(10-13)25-2/h1,5-6,8-11H,7H2,2-3H3,(H,23,24)/b22-11-. The number of terminal acetylenes is 1. The van der Waals surface area contributed by atoms with Crippen LogP contribution < -0.4 is 19.6 Å². The van der Waals surface area contributed by atoms with Crippen molar-refractivity contribution in [3.63, 3.8) is 0 Å². The van der Waals surface area contributed by atoms with Crippen molar-refractivity contribution in [3.05, 3.63) is 48.6 Å². The molecule has 0 spiro atoms. The number of amides is 1. The Hall–Kier alpha value is -2.00. The molecule has 0 saturated heterocycles. The highest BCUT2D eigenvalue weighted by molar-refractivity contribution is 14.1. The Morgan fingerprint density at radius 2 is 1.93 bits per heavy atom. The first-order valence-electron chi connectivity index (χ1n) is 7.61. The van der Waals surface area contributed by atoms with E-state index in [2.05, 4.69) is 61.6 Å². The van der Waals surface area contributed by atoms with E-state index in [0.29, 0.717) is 22.8 Å². The van der Waals surface area contributed by atoms with Crippen LogP contribution in [0, 0.1) is 19.5 Å². The molecule has 1 amide bonds. The van der Waals surface area contributed by atoms with Crippen molar-refractivity contribution in [2.24, 2.45) is 5.10 Å². The van der Waals surface area contributed by atoms with Crippen molar-refractivity contribution >= 4 is 57.3 Å². The molecule has 0 saturated carbocycles. The second-order valence-electron chi connectivity index (χ2n) is 5.08. The van der Waals surface area contributed by atoms with Crippen LogP contribution in [-0.2, 0) is 0 Å². The summed E-state index contributed by atoms with van der Waals surface area (Å²) in [6, 6.07) is 8.77. The number of ether oxygens (including phenoxy) is 3. The van der Waals surface area contributed by atoms with Gasteiger partial charge in [0.2, 0.25) is 0 Å². The molecule has 2 aromatic rings. The zero-order valence-electron chi connectivity index (χ0n) is 14.6. The Labute approximate surface area is 184 Å². The van der Waals surface area contributed by atoms with Crippen molar-refractivity contribution in [1.29, 1.82) is 0 Å². The topological polar surface area (TPSA) is 69.2 Å². The number of hydrogen-bond donors (Lipinski definition) is 1. The molecule has 0 radical (unpaired) electrons. The zero-order chi connectivity index (χ0) is 19.8. The summed E-state index contributed by atoms with van der Waals surface area (Å²) in [5, 5.41) is 4.00. The summed E-state index contributed by atoms with van der Waals surface area (Å²) in [7, 11) is 3.10. The van der Waals surface area contributed by atoms with Gasteiger partial charge in [-0.2, -0.15) is 5.10 Å². The van der Waals surface area contributed by atoms with Crippen LogP contribution in [0.15, 0.2) is 35.4 Å². The number of methoxy groups -OCH3 is 2. The second-order valence-corrected chi connectivity index (χ2v) is 7.40. The predicted octanol–water partition coefficient (Wildman–Crippen LogP) is 3.69. The lowest BCUT2D eigenvalue weighted by Gasteiger charge is -2.11. The lowest BCUT2D eigenvalue weighted by atomic mass is 10.2. The van der Waals surface area contributed by atoms with Gasteiger partial charge in [-0.05, 0) is 81.1 Å². The summed E-state index contributed by atoms with van der Waals surface area (Å²) < 4.78 is 17.8. The van der Waals surface area contributed by atoms with E-state index < -0.39 is 0 Å². The molecule has 0 fully saturated rings. The zero-order valence-corrected chi connectivity index (χ0v) is 18.9. The summed E-state index contributed by atoms with van der Waals surface area (Å²) in [6.07, 6.45) is 6.75. The van der Waals surface area contributed by atoms with E-state index in [-0.39, 0.29) is 12.5 Å². The highest BCUT2D eigenvalue weighted by atomic mass is 127. The van der Waals surface area contributed by atoms with Crippen LogP contribution in [0.1, 0.15) is 15.9 Å². The molecule has 0 atom stereocenters. The number of hydrogen-bond acceptors (Lipinski definition) is 5. The fourth-order valence-corrected chi connectivity index (χ4v) is 3.44. The molecule has 140 valence electrons. The monoisotopic (exact) mass is 590 g/mol. The predicted molar refractivity (Wildman–Crippen MR) is 121 cm³/mol. The average molecular weight is 590 g/mol. The maximum absolute atomic E-state index is 12.2. The van der Waals surface area contributed by atoms with Crippen molar-refractivity contribution in [1.82, 2.24) is 5.43 Å². The third-order valence-corrected chi connectivity index (χ3v) is 5.04. The molecule has 1 N–H and O–H groups in total. The Morgan fingerprint density at radius 1 is 1.19 bits per heavy atom. The van der Waals surface area contributed by atoms with Crippen molar-refractivity contribution in [2.75, 3.05) is 20.8 Å². The van der Waals surface area contributed by atoms with Crippen LogP contribution in [0.4, 0.5) is 0 Å². The smallest absolute Gasteiger partial charge is 0.271 e. The molecule has 0 heterocycles. The number of halogens is 2. The number of carbonyl (C=O) groups is 1. The molecular formula is C19H16I2N2O4. The summed E-state index contributed by atoms with van der Waals surface area (Å²) in [4.78, 5) is 12.2. The highest BCUT2D eigenvalue weighted by Crippen LogP contribution is 2.33. The molecule has 0 aromatic heterocycles. The molecule has 0 aliphatic heterocycles. The largest absolute Gasteiger partial charge is 0.496 e. The van der Waals surface area contributed by atoms with Crippen LogP contribution in [0.5, 0.6) is 17.2 Å². The first-order chi connectivity index (χ1) is 13.0. The maximum Gasteiger partial charge on any atom is 0.271 e. The molecule has 8 heteroatoms. The number of rotatable bonds is 7. The van der Waals surface area contributed by atoms with E-state index in [1.165, 1.54) is 6.21 Å². The molecule has 2 rings (SSSR count). The van der Waals surface area contributed by atoms with Crippen molar-refractivity contribution in [3.8, 4) is 29.6 Å². The van der Waals surface area contributed by atoms with Gasteiger partial charge in [-0.3, -0.25) is 4.79 Å². The van der Waals surface area contributed by atoms with Gasteiger partial charge in [-0.1, -0.05) is 5.92 Å². The SMILES string of the molecule is C#CCOc1c(I)cc(/C=N\NC(=O)c2ccc(I)c(OC)c2)cc1OC. The van der Waals surface area contributed by atoms with E-state index in [0.717, 1.165) is 12.7 Å². The van der Waals surface area contributed by atoms with E-state index in [1.807, 2.05) is 6.07 Å². The van der Waals surface area contributed by atoms with Gasteiger partial charge in [-0.25, -0.2) is 5.43 Å². The van der Waals surface area contributed by atoms with E-state index in [9.17, 15) is 4.79 Å². The van der Waals surface area contributed by atoms with Crippen LogP contribution in [-0.4, -0.2) is 32.9 Å². The number of nitrogens with one attached hydrogen (secondary N) is 1. The van der Waals surface area contributed by atoms with Gasteiger partial charge < -0.3 is 14.2 Å². The third kappa shape index (κ3) is 5.74. The lowest BCUT2D eigenvalue weighted by molar-refractivity contribution is 0.0954. The lowest BCUT2D eigenvalue weighted by Crippen LogP contribution is -2.17.